The van der Waals surface area contributed by atoms with Crippen LogP contribution in [0.3, 0.4) is 0 Å². The molecule has 0 amide bonds. The van der Waals surface area contributed by atoms with Crippen LogP contribution >= 0.6 is 22.3 Å². The van der Waals surface area contributed by atoms with Crippen molar-refractivity contribution in [1.29, 1.82) is 0 Å². The second-order valence-corrected chi connectivity index (χ2v) is 6.05. The Morgan fingerprint density at radius 3 is 2.25 bits per heavy atom. The minimum absolute atomic E-state index is 0.341. The van der Waals surface area contributed by atoms with E-state index in [1.54, 1.807) is 0 Å². The van der Waals surface area contributed by atoms with Crippen LogP contribution < -0.4 is 4.74 Å². The summed E-state index contributed by atoms with van der Waals surface area (Å²) in [6.07, 6.45) is -8.59. The number of aromatic nitrogens is 1. The number of hydrogen-bond donors (Lipinski definition) is 0. The summed E-state index contributed by atoms with van der Waals surface area (Å²) in [6, 6.07) is 0.341. The lowest BCUT2D eigenvalue weighted by Crippen LogP contribution is -2.20. The van der Waals surface area contributed by atoms with Crippen LogP contribution in [0, 0.1) is 0 Å². The van der Waals surface area contributed by atoms with Gasteiger partial charge in [-0.3, -0.25) is 0 Å². The molecule has 0 fully saturated rings. The molecular weight excluding hydrogens is 356 g/mol. The molecule has 0 aliphatic heterocycles. The van der Waals surface area contributed by atoms with Gasteiger partial charge in [-0.15, -0.1) is 24.8 Å². The smallest absolute Gasteiger partial charge is 0.387 e. The summed E-state index contributed by atoms with van der Waals surface area (Å²) in [4.78, 5) is 1.89. The van der Waals surface area contributed by atoms with Crippen molar-refractivity contribution in [1.82, 2.24) is 4.98 Å². The number of pyridine rings is 1. The van der Waals surface area contributed by atoms with Crippen molar-refractivity contribution in [3.63, 3.8) is 0 Å². The number of alkyl halides is 6. The van der Waals surface area contributed by atoms with Gasteiger partial charge in [0, 0.05) is 16.2 Å². The molecule has 1 aromatic rings. The number of rotatable bonds is 4. The average molecular weight is 360 g/mol. The topological polar surface area (TPSA) is 56.3 Å². The van der Waals surface area contributed by atoms with Crippen LogP contribution in [-0.2, 0) is 14.9 Å². The van der Waals surface area contributed by atoms with E-state index in [2.05, 4.69) is 9.72 Å². The maximum atomic E-state index is 12.5. The van der Waals surface area contributed by atoms with E-state index >= 15 is 0 Å². The Morgan fingerprint density at radius 2 is 1.90 bits per heavy atom. The standard InChI is InChI=1S/C8H4Cl2F5NO3S/c9-2-3-5(20(10,17)18)1-4(6(11)12)16-7(3)19-8(13,14)15/h1,6H,2H2. The molecule has 0 spiro atoms. The van der Waals surface area contributed by atoms with Gasteiger partial charge in [-0.2, -0.15) is 0 Å². The van der Waals surface area contributed by atoms with Crippen molar-refractivity contribution in [2.45, 2.75) is 23.6 Å². The van der Waals surface area contributed by atoms with Gasteiger partial charge in [0.1, 0.15) is 5.69 Å². The molecule has 0 aliphatic rings. The summed E-state index contributed by atoms with van der Waals surface area (Å²) in [5, 5.41) is 0. The maximum absolute atomic E-state index is 12.5. The van der Waals surface area contributed by atoms with E-state index in [0.29, 0.717) is 6.07 Å². The Balaban J connectivity index is 3.60. The molecule has 12 heteroatoms. The average Bonchev–Trinajstić information content (AvgIpc) is 2.24. The first-order valence-corrected chi connectivity index (χ1v) is 7.38. The van der Waals surface area contributed by atoms with Gasteiger partial charge >= 0.3 is 6.36 Å². The van der Waals surface area contributed by atoms with Gasteiger partial charge in [0.05, 0.1) is 10.8 Å². The molecule has 0 aliphatic carbocycles. The maximum Gasteiger partial charge on any atom is 0.574 e. The number of halogens is 7. The normalized spacial score (nSPS) is 12.8. The van der Waals surface area contributed by atoms with E-state index in [0.717, 1.165) is 0 Å². The van der Waals surface area contributed by atoms with Crippen LogP contribution in [0.25, 0.3) is 0 Å². The van der Waals surface area contributed by atoms with Crippen molar-refractivity contribution in [3.8, 4) is 5.88 Å². The predicted octanol–water partition coefficient (Wildman–Crippen LogP) is 3.58. The van der Waals surface area contributed by atoms with Crippen LogP contribution in [0.5, 0.6) is 5.88 Å². The summed E-state index contributed by atoms with van der Waals surface area (Å²) in [6.45, 7) is 0. The van der Waals surface area contributed by atoms with Crippen LogP contribution in [-0.4, -0.2) is 19.8 Å². The highest BCUT2D eigenvalue weighted by molar-refractivity contribution is 8.13. The largest absolute Gasteiger partial charge is 0.574 e. The molecular formula is C8H4Cl2F5NO3S. The Labute approximate surface area is 118 Å². The summed E-state index contributed by atoms with van der Waals surface area (Å²) in [7, 11) is 0.354. The molecule has 1 rings (SSSR count). The predicted molar refractivity (Wildman–Crippen MR) is 58.5 cm³/mol. The van der Waals surface area contributed by atoms with Gasteiger partial charge in [-0.25, -0.2) is 22.2 Å². The number of nitrogens with zero attached hydrogens (tertiary/aromatic N) is 1. The van der Waals surface area contributed by atoms with Gasteiger partial charge in [0.25, 0.3) is 15.5 Å². The van der Waals surface area contributed by atoms with Crippen molar-refractivity contribution in [3.05, 3.63) is 17.3 Å². The van der Waals surface area contributed by atoms with Crippen molar-refractivity contribution < 1.29 is 35.1 Å². The van der Waals surface area contributed by atoms with Gasteiger partial charge in [0.2, 0.25) is 5.88 Å². The van der Waals surface area contributed by atoms with Crippen LogP contribution in [0.2, 0.25) is 0 Å². The second kappa shape index (κ2) is 5.86. The van der Waals surface area contributed by atoms with E-state index in [9.17, 15) is 30.4 Å². The van der Waals surface area contributed by atoms with E-state index < -0.39 is 49.8 Å². The van der Waals surface area contributed by atoms with Gasteiger partial charge in [-0.1, -0.05) is 0 Å². The van der Waals surface area contributed by atoms with Crippen molar-refractivity contribution in [2.75, 3.05) is 0 Å². The van der Waals surface area contributed by atoms with E-state index in [1.807, 2.05) is 0 Å². The fourth-order valence-electron chi connectivity index (χ4n) is 1.19. The highest BCUT2D eigenvalue weighted by atomic mass is 35.7. The highest BCUT2D eigenvalue weighted by Crippen LogP contribution is 2.34. The first-order valence-electron chi connectivity index (χ1n) is 4.54. The van der Waals surface area contributed by atoms with Crippen LogP contribution in [0.1, 0.15) is 17.7 Å². The fraction of sp³-hybridized carbons (Fsp3) is 0.375. The Bertz CT molecular complexity index is 605. The second-order valence-electron chi connectivity index (χ2n) is 3.25. The zero-order valence-corrected chi connectivity index (χ0v) is 11.4. The van der Waals surface area contributed by atoms with E-state index in [4.69, 9.17) is 22.3 Å². The summed E-state index contributed by atoms with van der Waals surface area (Å²) < 4.78 is 87.3. The molecule has 0 atom stereocenters. The molecule has 1 heterocycles. The van der Waals surface area contributed by atoms with E-state index in [1.165, 1.54) is 0 Å². The third kappa shape index (κ3) is 4.32. The van der Waals surface area contributed by atoms with Crippen molar-refractivity contribution in [2.24, 2.45) is 0 Å². The molecule has 0 bridgehead atoms. The fourth-order valence-corrected chi connectivity index (χ4v) is 2.66. The third-order valence-electron chi connectivity index (χ3n) is 1.90. The summed E-state index contributed by atoms with van der Waals surface area (Å²) in [5.41, 5.74) is -2.00. The minimum Gasteiger partial charge on any atom is -0.387 e. The van der Waals surface area contributed by atoms with Crippen LogP contribution in [0.15, 0.2) is 11.0 Å². The molecule has 20 heavy (non-hydrogen) atoms. The SMILES string of the molecule is O=S(=O)(Cl)c1cc(C(F)F)nc(OC(F)(F)F)c1CCl. The summed E-state index contributed by atoms with van der Waals surface area (Å²) in [5.74, 6) is -2.17. The molecule has 0 radical (unpaired) electrons. The zero-order valence-electron chi connectivity index (χ0n) is 9.09. The number of hydrogen-bond acceptors (Lipinski definition) is 4. The summed E-state index contributed by atoms with van der Waals surface area (Å²) >= 11 is 5.31. The Hall–Kier alpha value is -0.870. The molecule has 0 aromatic carbocycles. The van der Waals surface area contributed by atoms with Crippen molar-refractivity contribution >= 4 is 31.3 Å². The van der Waals surface area contributed by atoms with Gasteiger partial charge in [0.15, 0.2) is 0 Å². The monoisotopic (exact) mass is 359 g/mol. The van der Waals surface area contributed by atoms with Gasteiger partial charge < -0.3 is 4.74 Å². The first-order chi connectivity index (χ1) is 8.95. The highest BCUT2D eigenvalue weighted by Gasteiger charge is 2.35. The molecule has 0 saturated heterocycles. The quantitative estimate of drug-likeness (QED) is 0.468. The third-order valence-corrected chi connectivity index (χ3v) is 3.55. The van der Waals surface area contributed by atoms with Crippen LogP contribution in [0.4, 0.5) is 22.0 Å². The molecule has 1 aromatic heterocycles. The lowest BCUT2D eigenvalue weighted by Gasteiger charge is -2.14. The Kier molecular flexibility index (Phi) is 5.03. The molecule has 114 valence electrons. The zero-order chi connectivity index (χ0) is 15.7. The lowest BCUT2D eigenvalue weighted by molar-refractivity contribution is -0.276. The molecule has 0 unspecified atom stereocenters. The first kappa shape index (κ1) is 17.2. The van der Waals surface area contributed by atoms with Gasteiger partial charge in [-0.05, 0) is 6.07 Å². The minimum atomic E-state index is -5.26. The Morgan fingerprint density at radius 1 is 1.35 bits per heavy atom. The molecule has 0 N–H and O–H groups in total. The lowest BCUT2D eigenvalue weighted by atomic mass is 10.2. The molecule has 4 nitrogen and oxygen atoms in total. The number of ether oxygens (including phenoxy) is 1. The molecule has 0 saturated carbocycles. The van der Waals surface area contributed by atoms with E-state index in [-0.39, 0.29) is 0 Å².